The zero-order valence-electron chi connectivity index (χ0n) is 6.29. The van der Waals surface area contributed by atoms with Gasteiger partial charge in [-0.05, 0) is 5.92 Å². The van der Waals surface area contributed by atoms with Crippen LogP contribution in [0, 0.1) is 5.92 Å². The molecule has 0 fully saturated rings. The van der Waals surface area contributed by atoms with E-state index in [1.54, 1.807) is 13.8 Å². The Morgan fingerprint density at radius 2 is 2.00 bits per heavy atom. The van der Waals surface area contributed by atoms with Crippen molar-refractivity contribution < 1.29 is 13.2 Å². The summed E-state index contributed by atoms with van der Waals surface area (Å²) in [5.74, 6) is -0.549. The highest BCUT2D eigenvalue weighted by Crippen LogP contribution is 2.16. The molecule has 0 radical (unpaired) electrons. The van der Waals surface area contributed by atoms with Crippen LogP contribution < -0.4 is 4.72 Å². The summed E-state index contributed by atoms with van der Waals surface area (Å²) in [5, 5.41) is 0.986. The minimum Gasteiger partial charge on any atom is -0.269 e. The highest BCUT2D eigenvalue weighted by atomic mass is 32.2. The molecule has 0 unspecified atom stereocenters. The predicted octanol–water partition coefficient (Wildman–Crippen LogP) is -0.0141. The smallest absolute Gasteiger partial charge is 0.261 e. The van der Waals surface area contributed by atoms with Gasteiger partial charge in [0.25, 0.3) is 15.9 Å². The molecule has 0 aromatic carbocycles. The third kappa shape index (κ3) is 1.59. The molecule has 0 bridgehead atoms. The summed E-state index contributed by atoms with van der Waals surface area (Å²) in [4.78, 5) is 10.9. The molecule has 0 saturated carbocycles. The van der Waals surface area contributed by atoms with Crippen molar-refractivity contribution in [3.63, 3.8) is 0 Å². The Balaban J connectivity index is 3.08. The van der Waals surface area contributed by atoms with Crippen molar-refractivity contribution in [2.75, 3.05) is 0 Å². The second-order valence-electron chi connectivity index (χ2n) is 2.70. The summed E-state index contributed by atoms with van der Waals surface area (Å²) in [6.07, 6.45) is 0. The lowest BCUT2D eigenvalue weighted by Crippen LogP contribution is -2.23. The van der Waals surface area contributed by atoms with Crippen LogP contribution in [0.2, 0.25) is 0 Å². The van der Waals surface area contributed by atoms with Crippen LogP contribution in [0.25, 0.3) is 0 Å². The molecule has 1 aliphatic heterocycles. The molecule has 1 rings (SSSR count). The van der Waals surface area contributed by atoms with Crippen LogP contribution in [0.3, 0.4) is 0 Å². The number of hydrogen-bond acceptors (Lipinski definition) is 3. The van der Waals surface area contributed by atoms with Gasteiger partial charge in [0.05, 0.1) is 5.41 Å². The third-order valence-electron chi connectivity index (χ3n) is 1.40. The van der Waals surface area contributed by atoms with Gasteiger partial charge in [0, 0.05) is 5.57 Å². The molecule has 1 aliphatic rings. The van der Waals surface area contributed by atoms with Crippen LogP contribution in [0.1, 0.15) is 13.8 Å². The minimum atomic E-state index is -3.45. The van der Waals surface area contributed by atoms with E-state index in [0.717, 1.165) is 5.41 Å². The first-order chi connectivity index (χ1) is 4.92. The molecule has 0 spiro atoms. The maximum Gasteiger partial charge on any atom is 0.261 e. The molecule has 1 heterocycles. The minimum absolute atomic E-state index is 0.0488. The van der Waals surface area contributed by atoms with E-state index in [2.05, 4.69) is 0 Å². The summed E-state index contributed by atoms with van der Waals surface area (Å²) in [6.45, 7) is 3.54. The fourth-order valence-corrected chi connectivity index (χ4v) is 1.99. The van der Waals surface area contributed by atoms with Gasteiger partial charge in [-0.1, -0.05) is 13.8 Å². The maximum absolute atomic E-state index is 10.9. The Morgan fingerprint density at radius 1 is 1.45 bits per heavy atom. The molecule has 1 amide bonds. The monoisotopic (exact) mass is 175 g/mol. The molecule has 0 saturated heterocycles. The average Bonchev–Trinajstić information content (AvgIpc) is 2.05. The summed E-state index contributed by atoms with van der Waals surface area (Å²) in [7, 11) is -3.45. The molecule has 0 atom stereocenters. The first-order valence-corrected chi connectivity index (χ1v) is 4.76. The van der Waals surface area contributed by atoms with E-state index >= 15 is 0 Å². The normalized spacial score (nSPS) is 21.7. The molecule has 11 heavy (non-hydrogen) atoms. The topological polar surface area (TPSA) is 63.2 Å². The van der Waals surface area contributed by atoms with Crippen LogP contribution in [-0.2, 0) is 14.8 Å². The van der Waals surface area contributed by atoms with Gasteiger partial charge in [0.2, 0.25) is 0 Å². The van der Waals surface area contributed by atoms with Crippen LogP contribution >= 0.6 is 0 Å². The molecule has 0 aliphatic carbocycles. The van der Waals surface area contributed by atoms with Crippen molar-refractivity contribution in [1.29, 1.82) is 0 Å². The van der Waals surface area contributed by atoms with Crippen LogP contribution in [-0.4, -0.2) is 14.3 Å². The number of rotatable bonds is 1. The number of carbonyl (C=O) groups is 1. The Bertz CT molecular complexity index is 313. The second-order valence-corrected chi connectivity index (χ2v) is 4.23. The van der Waals surface area contributed by atoms with Gasteiger partial charge in [0.1, 0.15) is 0 Å². The van der Waals surface area contributed by atoms with Crippen molar-refractivity contribution in [3.05, 3.63) is 11.0 Å². The molecule has 5 heteroatoms. The Morgan fingerprint density at radius 3 is 2.18 bits per heavy atom. The summed E-state index contributed by atoms with van der Waals surface area (Å²) < 4.78 is 23.4. The summed E-state index contributed by atoms with van der Waals surface area (Å²) in [5.41, 5.74) is 0.324. The third-order valence-corrected chi connectivity index (χ3v) is 2.44. The molecule has 0 aromatic heterocycles. The second kappa shape index (κ2) is 2.34. The molecule has 1 N–H and O–H groups in total. The average molecular weight is 175 g/mol. The quantitative estimate of drug-likeness (QED) is 0.609. The summed E-state index contributed by atoms with van der Waals surface area (Å²) >= 11 is 0. The van der Waals surface area contributed by atoms with Crippen molar-refractivity contribution in [1.82, 2.24) is 4.72 Å². The standard InChI is InChI=1S/C6H9NO3S/c1-4(2)5-3-11(9,10)7-6(5)8/h3-4H,1-2H3,(H,7,8). The van der Waals surface area contributed by atoms with E-state index in [0.29, 0.717) is 5.57 Å². The summed E-state index contributed by atoms with van der Waals surface area (Å²) in [6, 6.07) is 0. The Hall–Kier alpha value is -0.840. The van der Waals surface area contributed by atoms with Gasteiger partial charge in [-0.2, -0.15) is 0 Å². The SMILES string of the molecule is CC(C)C1=CS(=O)(=O)NC1=O. The molecular weight excluding hydrogens is 166 g/mol. The number of carbonyl (C=O) groups excluding carboxylic acids is 1. The van der Waals surface area contributed by atoms with E-state index in [1.165, 1.54) is 0 Å². The molecule has 4 nitrogen and oxygen atoms in total. The maximum atomic E-state index is 10.9. The van der Waals surface area contributed by atoms with Gasteiger partial charge >= 0.3 is 0 Å². The van der Waals surface area contributed by atoms with Crippen LogP contribution in [0.5, 0.6) is 0 Å². The number of hydrogen-bond donors (Lipinski definition) is 1. The van der Waals surface area contributed by atoms with Gasteiger partial charge < -0.3 is 0 Å². The first-order valence-electron chi connectivity index (χ1n) is 3.21. The van der Waals surface area contributed by atoms with E-state index in [-0.39, 0.29) is 5.92 Å². The van der Waals surface area contributed by atoms with Crippen molar-refractivity contribution in [2.45, 2.75) is 13.8 Å². The number of nitrogens with one attached hydrogen (secondary N) is 1. The lowest BCUT2D eigenvalue weighted by atomic mass is 10.1. The molecule has 0 aromatic rings. The van der Waals surface area contributed by atoms with E-state index in [9.17, 15) is 13.2 Å². The van der Waals surface area contributed by atoms with Crippen LogP contribution in [0.4, 0.5) is 0 Å². The lowest BCUT2D eigenvalue weighted by Gasteiger charge is -1.99. The highest BCUT2D eigenvalue weighted by Gasteiger charge is 2.27. The Labute approximate surface area is 65.3 Å². The number of amides is 1. The lowest BCUT2D eigenvalue weighted by molar-refractivity contribution is -0.115. The fraction of sp³-hybridized carbons (Fsp3) is 0.500. The first kappa shape index (κ1) is 8.26. The van der Waals surface area contributed by atoms with Gasteiger partial charge in [0.15, 0.2) is 0 Å². The largest absolute Gasteiger partial charge is 0.269 e. The van der Waals surface area contributed by atoms with Gasteiger partial charge in [-0.25, -0.2) is 13.1 Å². The Kier molecular flexibility index (Phi) is 1.75. The van der Waals surface area contributed by atoms with Crippen molar-refractivity contribution in [2.24, 2.45) is 5.92 Å². The van der Waals surface area contributed by atoms with Gasteiger partial charge in [-0.3, -0.25) is 4.79 Å². The van der Waals surface area contributed by atoms with E-state index < -0.39 is 15.9 Å². The van der Waals surface area contributed by atoms with E-state index in [4.69, 9.17) is 0 Å². The fourth-order valence-electron chi connectivity index (χ4n) is 0.837. The van der Waals surface area contributed by atoms with Crippen molar-refractivity contribution >= 4 is 15.9 Å². The van der Waals surface area contributed by atoms with Crippen LogP contribution in [0.15, 0.2) is 11.0 Å². The molecule has 62 valence electrons. The number of sulfonamides is 1. The van der Waals surface area contributed by atoms with E-state index in [1.807, 2.05) is 4.72 Å². The van der Waals surface area contributed by atoms with Crippen molar-refractivity contribution in [3.8, 4) is 0 Å². The molecular formula is C6H9NO3S. The van der Waals surface area contributed by atoms with Gasteiger partial charge in [-0.15, -0.1) is 0 Å². The zero-order valence-corrected chi connectivity index (χ0v) is 7.10. The zero-order chi connectivity index (χ0) is 8.65. The highest BCUT2D eigenvalue weighted by molar-refractivity contribution is 7.93. The predicted molar refractivity (Wildman–Crippen MR) is 40.0 cm³/mol.